The smallest absolute Gasteiger partial charge is 0.226 e. The molecule has 3 aromatic carbocycles. The van der Waals surface area contributed by atoms with Gasteiger partial charge in [-0.2, -0.15) is 0 Å². The first kappa shape index (κ1) is 15.2. The van der Waals surface area contributed by atoms with Crippen molar-refractivity contribution in [2.45, 2.75) is 45.1 Å². The van der Waals surface area contributed by atoms with Gasteiger partial charge in [0, 0.05) is 25.3 Å². The van der Waals surface area contributed by atoms with E-state index in [-0.39, 0.29) is 0 Å². The molecule has 6 rings (SSSR count). The Balaban J connectivity index is 1.56. The van der Waals surface area contributed by atoms with Crippen molar-refractivity contribution in [3.8, 4) is 0 Å². The van der Waals surface area contributed by atoms with Gasteiger partial charge in [0.2, 0.25) is 12.3 Å². The van der Waals surface area contributed by atoms with E-state index in [0.29, 0.717) is 0 Å². The molecular formula is C24H28N2+2. The number of nitrogens with zero attached hydrogens (tertiary/aromatic N) is 2. The van der Waals surface area contributed by atoms with Crippen LogP contribution in [0.4, 0.5) is 0 Å². The molecule has 0 saturated carbocycles. The summed E-state index contributed by atoms with van der Waals surface area (Å²) < 4.78 is 2.78. The van der Waals surface area contributed by atoms with Crippen LogP contribution in [0.5, 0.6) is 0 Å². The summed E-state index contributed by atoms with van der Waals surface area (Å²) in [7, 11) is 0. The molecule has 0 spiro atoms. The average molecular weight is 345 g/mol. The minimum atomic E-state index is 0.786. The van der Waals surface area contributed by atoms with Gasteiger partial charge in [0.1, 0.15) is 6.54 Å². The summed E-state index contributed by atoms with van der Waals surface area (Å²) >= 11 is 0. The zero-order valence-corrected chi connectivity index (χ0v) is 15.7. The molecule has 0 amide bonds. The highest BCUT2D eigenvalue weighted by molar-refractivity contribution is 6.02. The third-order valence-corrected chi connectivity index (χ3v) is 8.20. The first-order valence-corrected chi connectivity index (χ1v) is 10.4. The second-order valence-electron chi connectivity index (χ2n) is 8.94. The molecule has 0 aromatic heterocycles. The summed E-state index contributed by atoms with van der Waals surface area (Å²) in [5, 5.41) is 5.74. The quantitative estimate of drug-likeness (QED) is 0.453. The molecule has 2 bridgehead atoms. The average Bonchev–Trinajstić information content (AvgIpc) is 3.10. The van der Waals surface area contributed by atoms with E-state index in [2.05, 4.69) is 61.5 Å². The lowest BCUT2D eigenvalue weighted by Gasteiger charge is -2.68. The number of fused-ring (bicyclic) bond motifs is 2. The maximum absolute atomic E-state index is 2.55. The van der Waals surface area contributed by atoms with Crippen LogP contribution < -0.4 is 0 Å². The zero-order chi connectivity index (χ0) is 17.4. The maximum atomic E-state index is 2.55. The van der Waals surface area contributed by atoms with Crippen molar-refractivity contribution in [1.29, 1.82) is 0 Å². The van der Waals surface area contributed by atoms with Gasteiger partial charge in [-0.15, -0.1) is 0 Å². The van der Waals surface area contributed by atoms with Gasteiger partial charge in [-0.05, 0) is 27.6 Å². The first-order valence-electron chi connectivity index (χ1n) is 10.4. The fraction of sp³-hybridized carbons (Fsp3) is 0.417. The molecular weight excluding hydrogens is 316 g/mol. The second kappa shape index (κ2) is 5.09. The zero-order valence-electron chi connectivity index (χ0n) is 15.7. The molecule has 0 aliphatic carbocycles. The molecule has 3 aromatic rings. The van der Waals surface area contributed by atoms with E-state index in [9.17, 15) is 0 Å². The molecule has 3 aliphatic rings. The Morgan fingerprint density at radius 1 is 0.846 bits per heavy atom. The van der Waals surface area contributed by atoms with Gasteiger partial charge in [-0.25, -0.2) is 8.97 Å². The number of benzene rings is 3. The summed E-state index contributed by atoms with van der Waals surface area (Å²) in [6.45, 7) is 8.01. The van der Waals surface area contributed by atoms with Crippen LogP contribution in [-0.4, -0.2) is 40.9 Å². The lowest BCUT2D eigenvalue weighted by Crippen LogP contribution is -2.90. The Bertz CT molecular complexity index is 971. The standard InChI is InChI=1S/C24H28N2/c1-18-25-13-6-12-24(25)26(18,15-7-14-25)17-23-21-10-4-2-8-19(21)16-20-9-3-5-11-22(20)23/h2-5,8-11,16,18,24H,6-7,12-15,17H2,1H3/q+2/t18-,24?,25?,26?/m1/s1. The lowest BCUT2D eigenvalue weighted by atomic mass is 9.90. The van der Waals surface area contributed by atoms with E-state index in [1.54, 1.807) is 5.56 Å². The van der Waals surface area contributed by atoms with Gasteiger partial charge in [-0.1, -0.05) is 48.5 Å². The number of quaternary nitrogens is 2. The SMILES string of the molecule is C[C@@H]1[N+]23CCCC2[N+]1(Cc1c2ccccc2cc2ccccc12)CCC3. The summed E-state index contributed by atoms with van der Waals surface area (Å²) in [5.74, 6) is 0. The second-order valence-corrected chi connectivity index (χ2v) is 8.94. The fourth-order valence-corrected chi connectivity index (χ4v) is 7.09. The van der Waals surface area contributed by atoms with Crippen molar-refractivity contribution in [3.05, 3.63) is 60.2 Å². The van der Waals surface area contributed by atoms with Crippen LogP contribution in [-0.2, 0) is 6.54 Å². The molecule has 0 N–H and O–H groups in total. The summed E-state index contributed by atoms with van der Waals surface area (Å²) in [6.07, 6.45) is 5.94. The van der Waals surface area contributed by atoms with Crippen molar-refractivity contribution in [1.82, 2.24) is 0 Å². The van der Waals surface area contributed by atoms with Crippen molar-refractivity contribution in [3.63, 3.8) is 0 Å². The Morgan fingerprint density at radius 3 is 2.23 bits per heavy atom. The molecule has 3 aliphatic heterocycles. The van der Waals surface area contributed by atoms with E-state index in [1.165, 1.54) is 76.0 Å². The monoisotopic (exact) mass is 344 g/mol. The van der Waals surface area contributed by atoms with Crippen molar-refractivity contribution in [2.75, 3.05) is 19.6 Å². The molecule has 3 saturated heterocycles. The van der Waals surface area contributed by atoms with Crippen LogP contribution in [0.15, 0.2) is 54.6 Å². The van der Waals surface area contributed by atoms with Gasteiger partial charge in [0.15, 0.2) is 0 Å². The van der Waals surface area contributed by atoms with Crippen LogP contribution in [0, 0.1) is 0 Å². The summed E-state index contributed by atoms with van der Waals surface area (Å²) in [5.41, 5.74) is 1.59. The number of hydrogen-bond acceptors (Lipinski definition) is 0. The van der Waals surface area contributed by atoms with Crippen LogP contribution >= 0.6 is 0 Å². The number of hydrogen-bond donors (Lipinski definition) is 0. The van der Waals surface area contributed by atoms with Gasteiger partial charge < -0.3 is 0 Å². The predicted molar refractivity (Wildman–Crippen MR) is 107 cm³/mol. The summed E-state index contributed by atoms with van der Waals surface area (Å²) in [4.78, 5) is 0. The van der Waals surface area contributed by atoms with Gasteiger partial charge in [0.25, 0.3) is 0 Å². The normalized spacial score (nSPS) is 35.4. The molecule has 0 radical (unpaired) electrons. The minimum Gasteiger partial charge on any atom is -0.226 e. The Morgan fingerprint density at radius 2 is 1.50 bits per heavy atom. The van der Waals surface area contributed by atoms with Crippen molar-refractivity contribution < 1.29 is 8.97 Å². The fourth-order valence-electron chi connectivity index (χ4n) is 7.09. The Kier molecular flexibility index (Phi) is 2.97. The van der Waals surface area contributed by atoms with E-state index in [1.807, 2.05) is 0 Å². The molecule has 2 nitrogen and oxygen atoms in total. The minimum absolute atomic E-state index is 0.786. The predicted octanol–water partition coefficient (Wildman–Crippen LogP) is 5.01. The molecule has 3 heterocycles. The van der Waals surface area contributed by atoms with E-state index in [4.69, 9.17) is 0 Å². The van der Waals surface area contributed by atoms with Gasteiger partial charge in [-0.3, -0.25) is 0 Å². The molecule has 3 fully saturated rings. The van der Waals surface area contributed by atoms with Crippen LogP contribution in [0.3, 0.4) is 0 Å². The van der Waals surface area contributed by atoms with Crippen LogP contribution in [0.2, 0.25) is 0 Å². The molecule has 4 atom stereocenters. The maximum Gasteiger partial charge on any atom is 0.226 e. The third kappa shape index (κ3) is 1.70. The van der Waals surface area contributed by atoms with E-state index < -0.39 is 0 Å². The van der Waals surface area contributed by atoms with Gasteiger partial charge in [0.05, 0.1) is 26.1 Å². The Hall–Kier alpha value is -1.90. The van der Waals surface area contributed by atoms with E-state index >= 15 is 0 Å². The topological polar surface area (TPSA) is 0 Å². The molecule has 26 heavy (non-hydrogen) atoms. The highest BCUT2D eigenvalue weighted by Crippen LogP contribution is 2.54. The number of rotatable bonds is 2. The van der Waals surface area contributed by atoms with Crippen LogP contribution in [0.25, 0.3) is 21.5 Å². The van der Waals surface area contributed by atoms with Gasteiger partial charge >= 0.3 is 0 Å². The lowest BCUT2D eigenvalue weighted by molar-refractivity contribution is -1.33. The van der Waals surface area contributed by atoms with Crippen molar-refractivity contribution >= 4 is 21.5 Å². The van der Waals surface area contributed by atoms with Crippen molar-refractivity contribution in [2.24, 2.45) is 0 Å². The van der Waals surface area contributed by atoms with Crippen LogP contribution in [0.1, 0.15) is 31.7 Å². The molecule has 2 heteroatoms. The molecule has 3 unspecified atom stereocenters. The molecule has 132 valence electrons. The van der Waals surface area contributed by atoms with E-state index in [0.717, 1.165) is 12.3 Å². The first-order chi connectivity index (χ1) is 12.7. The summed E-state index contributed by atoms with van der Waals surface area (Å²) in [6, 6.07) is 20.4. The highest BCUT2D eigenvalue weighted by atomic mass is 15.8. The third-order valence-electron chi connectivity index (χ3n) is 8.20. The largest absolute Gasteiger partial charge is 0.226 e. The Labute approximate surface area is 155 Å². The highest BCUT2D eigenvalue weighted by Gasteiger charge is 2.74.